The summed E-state index contributed by atoms with van der Waals surface area (Å²) < 4.78 is 10.9. The smallest absolute Gasteiger partial charge is 0.295 e. The third kappa shape index (κ3) is 4.74. The van der Waals surface area contributed by atoms with Crippen LogP contribution in [-0.2, 0) is 9.59 Å². The van der Waals surface area contributed by atoms with Crippen LogP contribution in [0, 0.1) is 0 Å². The number of furan rings is 2. The number of carbonyl (C=O) groups is 3. The number of nitrogens with zero attached hydrogens (tertiary/aromatic N) is 1. The molecule has 2 heterocycles. The van der Waals surface area contributed by atoms with Crippen LogP contribution in [0.2, 0.25) is 0 Å². The highest BCUT2D eigenvalue weighted by molar-refractivity contribution is 6.08. The molecule has 3 aromatic rings. The van der Waals surface area contributed by atoms with E-state index in [0.29, 0.717) is 17.1 Å². The van der Waals surface area contributed by atoms with Crippen LogP contribution in [0.3, 0.4) is 0 Å². The molecule has 0 radical (unpaired) electrons. The van der Waals surface area contributed by atoms with Gasteiger partial charge < -0.3 is 19.5 Å². The number of carbonyl (C=O) groups excluding carboxylic acids is 3. The van der Waals surface area contributed by atoms with Crippen molar-refractivity contribution in [2.24, 2.45) is 0 Å². The van der Waals surface area contributed by atoms with Gasteiger partial charge in [-0.1, -0.05) is 12.8 Å². The van der Waals surface area contributed by atoms with Crippen molar-refractivity contribution >= 4 is 29.1 Å². The van der Waals surface area contributed by atoms with Crippen molar-refractivity contribution in [2.75, 3.05) is 10.2 Å². The highest BCUT2D eigenvalue weighted by atomic mass is 16.3. The Labute approximate surface area is 185 Å². The third-order valence-corrected chi connectivity index (χ3v) is 5.44. The van der Waals surface area contributed by atoms with Crippen molar-refractivity contribution in [1.29, 1.82) is 0 Å². The largest absolute Gasteiger partial charge is 0.467 e. The van der Waals surface area contributed by atoms with Crippen LogP contribution in [0.5, 0.6) is 0 Å². The molecule has 8 nitrogen and oxygen atoms in total. The van der Waals surface area contributed by atoms with Crippen LogP contribution >= 0.6 is 0 Å². The lowest BCUT2D eigenvalue weighted by molar-refractivity contribution is -0.123. The van der Waals surface area contributed by atoms with Crippen molar-refractivity contribution in [3.05, 3.63) is 72.6 Å². The summed E-state index contributed by atoms with van der Waals surface area (Å²) in [7, 11) is 0. The molecule has 2 N–H and O–H groups in total. The molecule has 0 bridgehead atoms. The van der Waals surface area contributed by atoms with E-state index in [1.165, 1.54) is 24.3 Å². The summed E-state index contributed by atoms with van der Waals surface area (Å²) in [6.45, 7) is 1.42. The monoisotopic (exact) mass is 435 g/mol. The summed E-state index contributed by atoms with van der Waals surface area (Å²) in [5, 5.41) is 5.77. The zero-order valence-electron chi connectivity index (χ0n) is 17.7. The minimum absolute atomic E-state index is 0.0719. The van der Waals surface area contributed by atoms with E-state index in [4.69, 9.17) is 8.83 Å². The number of benzene rings is 1. The molecule has 8 heteroatoms. The molecule has 0 saturated heterocycles. The lowest BCUT2D eigenvalue weighted by Gasteiger charge is -2.30. The second kappa shape index (κ2) is 9.55. The Kier molecular flexibility index (Phi) is 6.39. The maximum Gasteiger partial charge on any atom is 0.295 e. The lowest BCUT2D eigenvalue weighted by atomic mass is 10.1. The molecular formula is C24H25N3O5. The molecule has 1 aliphatic rings. The molecule has 0 spiro atoms. The molecule has 166 valence electrons. The first-order chi connectivity index (χ1) is 15.5. The minimum Gasteiger partial charge on any atom is -0.467 e. The van der Waals surface area contributed by atoms with Crippen molar-refractivity contribution in [2.45, 2.75) is 44.7 Å². The van der Waals surface area contributed by atoms with E-state index in [9.17, 15) is 14.4 Å². The molecule has 1 atom stereocenters. The van der Waals surface area contributed by atoms with Gasteiger partial charge >= 0.3 is 0 Å². The van der Waals surface area contributed by atoms with Crippen LogP contribution < -0.4 is 15.5 Å². The molecule has 1 aromatic carbocycles. The van der Waals surface area contributed by atoms with Gasteiger partial charge in [-0.25, -0.2) is 0 Å². The molecule has 2 aromatic heterocycles. The van der Waals surface area contributed by atoms with E-state index in [1.807, 2.05) is 0 Å². The van der Waals surface area contributed by atoms with Crippen LogP contribution in [0.4, 0.5) is 11.4 Å². The summed E-state index contributed by atoms with van der Waals surface area (Å²) >= 11 is 0. The first-order valence-electron chi connectivity index (χ1n) is 10.6. The second-order valence-electron chi connectivity index (χ2n) is 7.79. The second-order valence-corrected chi connectivity index (χ2v) is 7.79. The Morgan fingerprint density at radius 3 is 2.25 bits per heavy atom. The van der Waals surface area contributed by atoms with Gasteiger partial charge in [0.2, 0.25) is 5.91 Å². The van der Waals surface area contributed by atoms with Crippen molar-refractivity contribution in [3.63, 3.8) is 0 Å². The van der Waals surface area contributed by atoms with Gasteiger partial charge in [0.1, 0.15) is 5.76 Å². The van der Waals surface area contributed by atoms with E-state index in [0.717, 1.165) is 25.7 Å². The zero-order chi connectivity index (χ0) is 22.5. The number of nitrogens with one attached hydrogen (secondary N) is 2. The first kappa shape index (κ1) is 21.4. The summed E-state index contributed by atoms with van der Waals surface area (Å²) in [4.78, 5) is 39.7. The van der Waals surface area contributed by atoms with Crippen LogP contribution in [0.1, 0.15) is 55.0 Å². The minimum atomic E-state index is -1.03. The lowest BCUT2D eigenvalue weighted by Crippen LogP contribution is -2.46. The summed E-state index contributed by atoms with van der Waals surface area (Å²) in [6, 6.07) is 12.3. The van der Waals surface area contributed by atoms with Crippen LogP contribution in [0.15, 0.2) is 69.9 Å². The summed E-state index contributed by atoms with van der Waals surface area (Å²) in [5.41, 5.74) is 1.04. The number of hydrogen-bond donors (Lipinski definition) is 2. The predicted octanol–water partition coefficient (Wildman–Crippen LogP) is 4.28. The topological polar surface area (TPSA) is 105 Å². The van der Waals surface area contributed by atoms with Gasteiger partial charge in [-0.05, 0) is 61.4 Å². The quantitative estimate of drug-likeness (QED) is 0.576. The zero-order valence-corrected chi connectivity index (χ0v) is 17.7. The molecule has 0 aliphatic heterocycles. The number of amides is 3. The molecule has 1 saturated carbocycles. The Hall–Kier alpha value is -3.81. The molecule has 32 heavy (non-hydrogen) atoms. The fourth-order valence-corrected chi connectivity index (χ4v) is 3.98. The van der Waals surface area contributed by atoms with E-state index in [-0.39, 0.29) is 23.6 Å². The Bertz CT molecular complexity index is 1050. The van der Waals surface area contributed by atoms with Gasteiger partial charge in [0, 0.05) is 24.3 Å². The average molecular weight is 435 g/mol. The van der Waals surface area contributed by atoms with Crippen molar-refractivity contribution in [3.8, 4) is 0 Å². The van der Waals surface area contributed by atoms with E-state index < -0.39 is 11.9 Å². The fourth-order valence-electron chi connectivity index (χ4n) is 3.98. The standard InChI is InChI=1S/C24H25N3O5/c1-16(28)25-18-10-12-19(13-11-18)27(24(30)21-9-5-15-32-21)22(20-8-4-14-31-20)23(29)26-17-6-2-3-7-17/h4-5,8-15,17,22H,2-3,6-7H2,1H3,(H,25,28)(H,26,29). The highest BCUT2D eigenvalue weighted by Gasteiger charge is 2.37. The molecule has 3 amide bonds. The Morgan fingerprint density at radius 1 is 0.969 bits per heavy atom. The van der Waals surface area contributed by atoms with E-state index in [1.54, 1.807) is 48.5 Å². The predicted molar refractivity (Wildman–Crippen MR) is 118 cm³/mol. The summed E-state index contributed by atoms with van der Waals surface area (Å²) in [6.07, 6.45) is 6.83. The highest BCUT2D eigenvalue weighted by Crippen LogP contribution is 2.32. The SMILES string of the molecule is CC(=O)Nc1ccc(N(C(=O)c2ccco2)C(C(=O)NC2CCCC2)c2ccco2)cc1. The van der Waals surface area contributed by atoms with Crippen LogP contribution in [-0.4, -0.2) is 23.8 Å². The van der Waals surface area contributed by atoms with E-state index in [2.05, 4.69) is 10.6 Å². The van der Waals surface area contributed by atoms with Gasteiger partial charge in [-0.3, -0.25) is 19.3 Å². The molecular weight excluding hydrogens is 410 g/mol. The van der Waals surface area contributed by atoms with Crippen LogP contribution in [0.25, 0.3) is 0 Å². The molecule has 1 unspecified atom stereocenters. The fraction of sp³-hybridized carbons (Fsp3) is 0.292. The normalized spacial score (nSPS) is 14.7. The number of hydrogen-bond acceptors (Lipinski definition) is 5. The number of anilines is 2. The molecule has 1 fully saturated rings. The summed E-state index contributed by atoms with van der Waals surface area (Å²) in [5.74, 6) is -0.568. The van der Waals surface area contributed by atoms with Crippen molar-refractivity contribution < 1.29 is 23.2 Å². The Morgan fingerprint density at radius 2 is 1.66 bits per heavy atom. The first-order valence-corrected chi connectivity index (χ1v) is 10.6. The van der Waals surface area contributed by atoms with Gasteiger partial charge in [0.15, 0.2) is 11.8 Å². The van der Waals surface area contributed by atoms with Crippen molar-refractivity contribution in [1.82, 2.24) is 5.32 Å². The van der Waals surface area contributed by atoms with Gasteiger partial charge in [-0.2, -0.15) is 0 Å². The van der Waals surface area contributed by atoms with Gasteiger partial charge in [0.05, 0.1) is 12.5 Å². The van der Waals surface area contributed by atoms with Gasteiger partial charge in [0.25, 0.3) is 11.8 Å². The van der Waals surface area contributed by atoms with E-state index >= 15 is 0 Å². The Balaban J connectivity index is 1.73. The maximum atomic E-state index is 13.5. The molecule has 1 aliphatic carbocycles. The number of rotatable bonds is 7. The molecule has 4 rings (SSSR count). The average Bonchev–Trinajstić information content (AvgIpc) is 3.55. The third-order valence-electron chi connectivity index (χ3n) is 5.44. The van der Waals surface area contributed by atoms with Gasteiger partial charge in [-0.15, -0.1) is 0 Å². The maximum absolute atomic E-state index is 13.5.